The molecule has 0 bridgehead atoms. The molecule has 102 valence electrons. The van der Waals surface area contributed by atoms with Crippen molar-refractivity contribution in [2.75, 3.05) is 5.32 Å². The Morgan fingerprint density at radius 2 is 1.70 bits per heavy atom. The number of pyridine rings is 1. The SMILES string of the molecule is CC.Cc1cc2c(Nc3ccccc3)ncnc2cn1. The van der Waals surface area contributed by atoms with Gasteiger partial charge in [0, 0.05) is 16.8 Å². The highest BCUT2D eigenvalue weighted by molar-refractivity contribution is 5.90. The van der Waals surface area contributed by atoms with Crippen LogP contribution in [-0.4, -0.2) is 15.0 Å². The van der Waals surface area contributed by atoms with E-state index in [-0.39, 0.29) is 0 Å². The van der Waals surface area contributed by atoms with E-state index in [1.54, 1.807) is 12.5 Å². The average Bonchev–Trinajstić information content (AvgIpc) is 2.51. The zero-order chi connectivity index (χ0) is 14.4. The van der Waals surface area contributed by atoms with Crippen molar-refractivity contribution in [1.29, 1.82) is 0 Å². The largest absolute Gasteiger partial charge is 0.340 e. The van der Waals surface area contributed by atoms with Crippen LogP contribution in [0.15, 0.2) is 48.9 Å². The molecule has 0 radical (unpaired) electrons. The lowest BCUT2D eigenvalue weighted by Crippen LogP contribution is -1.96. The number of rotatable bonds is 2. The van der Waals surface area contributed by atoms with E-state index in [0.29, 0.717) is 0 Å². The van der Waals surface area contributed by atoms with Gasteiger partial charge in [0.2, 0.25) is 0 Å². The molecular weight excluding hydrogens is 248 g/mol. The highest BCUT2D eigenvalue weighted by Crippen LogP contribution is 2.22. The van der Waals surface area contributed by atoms with Crippen LogP contribution in [0.3, 0.4) is 0 Å². The molecule has 1 aromatic carbocycles. The third-order valence-electron chi connectivity index (χ3n) is 2.69. The molecule has 0 atom stereocenters. The number of nitrogens with zero attached hydrogens (tertiary/aromatic N) is 3. The monoisotopic (exact) mass is 266 g/mol. The summed E-state index contributed by atoms with van der Waals surface area (Å²) in [6.45, 7) is 5.96. The number of aryl methyl sites for hydroxylation is 1. The first kappa shape index (κ1) is 13.9. The van der Waals surface area contributed by atoms with E-state index in [1.807, 2.05) is 57.2 Å². The normalized spacial score (nSPS) is 9.75. The first-order valence-electron chi connectivity index (χ1n) is 6.72. The molecule has 0 aliphatic rings. The summed E-state index contributed by atoms with van der Waals surface area (Å²) in [5.74, 6) is 0.803. The van der Waals surface area contributed by atoms with Gasteiger partial charge in [-0.15, -0.1) is 0 Å². The van der Waals surface area contributed by atoms with Crippen LogP contribution in [0.4, 0.5) is 11.5 Å². The molecule has 0 aliphatic carbocycles. The van der Waals surface area contributed by atoms with E-state index in [0.717, 1.165) is 28.1 Å². The number of hydrogen-bond acceptors (Lipinski definition) is 4. The van der Waals surface area contributed by atoms with Gasteiger partial charge in [-0.25, -0.2) is 9.97 Å². The van der Waals surface area contributed by atoms with Crippen molar-refractivity contribution in [3.05, 3.63) is 54.6 Å². The Hall–Kier alpha value is -2.49. The average molecular weight is 266 g/mol. The molecule has 4 nitrogen and oxygen atoms in total. The minimum atomic E-state index is 0.803. The highest BCUT2D eigenvalue weighted by atomic mass is 15.0. The number of hydrogen-bond donors (Lipinski definition) is 1. The molecule has 0 spiro atoms. The van der Waals surface area contributed by atoms with E-state index >= 15 is 0 Å². The van der Waals surface area contributed by atoms with Crippen molar-refractivity contribution in [3.63, 3.8) is 0 Å². The van der Waals surface area contributed by atoms with Gasteiger partial charge in [-0.05, 0) is 25.1 Å². The molecular formula is C16H18N4. The molecule has 3 aromatic rings. The van der Waals surface area contributed by atoms with Crippen LogP contribution < -0.4 is 5.32 Å². The number of aromatic nitrogens is 3. The molecule has 1 N–H and O–H groups in total. The van der Waals surface area contributed by atoms with Crippen LogP contribution >= 0.6 is 0 Å². The second kappa shape index (κ2) is 6.61. The zero-order valence-electron chi connectivity index (χ0n) is 12.0. The number of para-hydroxylation sites is 1. The molecule has 0 unspecified atom stereocenters. The Kier molecular flexibility index (Phi) is 4.60. The fourth-order valence-electron chi connectivity index (χ4n) is 1.82. The number of nitrogens with one attached hydrogen (secondary N) is 1. The molecule has 20 heavy (non-hydrogen) atoms. The maximum absolute atomic E-state index is 4.29. The molecule has 0 saturated carbocycles. The number of fused-ring (bicyclic) bond motifs is 1. The van der Waals surface area contributed by atoms with Crippen molar-refractivity contribution in [2.24, 2.45) is 0 Å². The van der Waals surface area contributed by atoms with Crippen LogP contribution in [0.2, 0.25) is 0 Å². The Bertz CT molecular complexity index is 680. The third-order valence-corrected chi connectivity index (χ3v) is 2.69. The maximum Gasteiger partial charge on any atom is 0.141 e. The summed E-state index contributed by atoms with van der Waals surface area (Å²) in [7, 11) is 0. The Labute approximate surface area is 118 Å². The minimum absolute atomic E-state index is 0.803. The first-order chi connectivity index (χ1) is 9.83. The predicted octanol–water partition coefficient (Wildman–Crippen LogP) is 4.10. The second-order valence-corrected chi connectivity index (χ2v) is 4.06. The lowest BCUT2D eigenvalue weighted by molar-refractivity contribution is 1.17. The molecule has 3 rings (SSSR count). The topological polar surface area (TPSA) is 50.7 Å². The van der Waals surface area contributed by atoms with Gasteiger partial charge >= 0.3 is 0 Å². The summed E-state index contributed by atoms with van der Waals surface area (Å²) in [6.07, 6.45) is 3.31. The quantitative estimate of drug-likeness (QED) is 0.758. The van der Waals surface area contributed by atoms with Crippen molar-refractivity contribution in [1.82, 2.24) is 15.0 Å². The first-order valence-corrected chi connectivity index (χ1v) is 6.72. The lowest BCUT2D eigenvalue weighted by Gasteiger charge is -2.08. The van der Waals surface area contributed by atoms with Gasteiger partial charge in [-0.3, -0.25) is 4.98 Å². The van der Waals surface area contributed by atoms with E-state index in [4.69, 9.17) is 0 Å². The van der Waals surface area contributed by atoms with Crippen LogP contribution in [-0.2, 0) is 0 Å². The van der Waals surface area contributed by atoms with E-state index in [2.05, 4.69) is 20.3 Å². The number of benzene rings is 1. The summed E-state index contributed by atoms with van der Waals surface area (Å²) < 4.78 is 0. The smallest absolute Gasteiger partial charge is 0.141 e. The molecule has 0 saturated heterocycles. The highest BCUT2D eigenvalue weighted by Gasteiger charge is 2.04. The maximum atomic E-state index is 4.29. The molecule has 4 heteroatoms. The summed E-state index contributed by atoms with van der Waals surface area (Å²) in [5.41, 5.74) is 2.80. The van der Waals surface area contributed by atoms with Gasteiger partial charge in [-0.1, -0.05) is 32.0 Å². The van der Waals surface area contributed by atoms with Gasteiger partial charge in [-0.2, -0.15) is 0 Å². The van der Waals surface area contributed by atoms with Gasteiger partial charge in [0.05, 0.1) is 11.7 Å². The Morgan fingerprint density at radius 3 is 2.45 bits per heavy atom. The second-order valence-electron chi connectivity index (χ2n) is 4.06. The summed E-state index contributed by atoms with van der Waals surface area (Å²) in [4.78, 5) is 12.7. The molecule has 0 aliphatic heterocycles. The summed E-state index contributed by atoms with van der Waals surface area (Å²) >= 11 is 0. The van der Waals surface area contributed by atoms with Crippen LogP contribution in [0.25, 0.3) is 10.9 Å². The van der Waals surface area contributed by atoms with Gasteiger partial charge in [0.15, 0.2) is 0 Å². The van der Waals surface area contributed by atoms with Gasteiger partial charge in [0.1, 0.15) is 12.1 Å². The summed E-state index contributed by atoms with van der Waals surface area (Å²) in [6, 6.07) is 11.9. The Balaban J connectivity index is 0.000000704. The lowest BCUT2D eigenvalue weighted by atomic mass is 10.2. The van der Waals surface area contributed by atoms with Crippen molar-refractivity contribution in [3.8, 4) is 0 Å². The van der Waals surface area contributed by atoms with Crippen molar-refractivity contribution < 1.29 is 0 Å². The van der Waals surface area contributed by atoms with Crippen molar-refractivity contribution in [2.45, 2.75) is 20.8 Å². The third kappa shape index (κ3) is 3.09. The number of anilines is 2. The molecule has 2 heterocycles. The molecule has 2 aromatic heterocycles. The predicted molar refractivity (Wildman–Crippen MR) is 83.1 cm³/mol. The van der Waals surface area contributed by atoms with Crippen LogP contribution in [0.1, 0.15) is 19.5 Å². The Morgan fingerprint density at radius 1 is 0.950 bits per heavy atom. The van der Waals surface area contributed by atoms with E-state index in [9.17, 15) is 0 Å². The van der Waals surface area contributed by atoms with E-state index in [1.165, 1.54) is 0 Å². The van der Waals surface area contributed by atoms with Crippen LogP contribution in [0.5, 0.6) is 0 Å². The fraction of sp³-hybridized carbons (Fsp3) is 0.188. The van der Waals surface area contributed by atoms with Gasteiger partial charge in [0.25, 0.3) is 0 Å². The molecule has 0 fully saturated rings. The van der Waals surface area contributed by atoms with Crippen molar-refractivity contribution >= 4 is 22.4 Å². The van der Waals surface area contributed by atoms with Gasteiger partial charge < -0.3 is 5.32 Å². The minimum Gasteiger partial charge on any atom is -0.340 e. The van der Waals surface area contributed by atoms with E-state index < -0.39 is 0 Å². The summed E-state index contributed by atoms with van der Waals surface area (Å²) in [5, 5.41) is 4.28. The standard InChI is InChI=1S/C14H12N4.C2H6/c1-10-7-12-13(8-15-10)16-9-17-14(12)18-11-5-3-2-4-6-11;1-2/h2-9H,1H3,(H,16,17,18);1-2H3. The zero-order valence-corrected chi connectivity index (χ0v) is 12.0. The van der Waals surface area contributed by atoms with Crippen LogP contribution in [0, 0.1) is 6.92 Å². The fourth-order valence-corrected chi connectivity index (χ4v) is 1.82. The molecule has 0 amide bonds.